The van der Waals surface area contributed by atoms with Gasteiger partial charge in [0.2, 0.25) is 0 Å². The van der Waals surface area contributed by atoms with E-state index in [1.165, 1.54) is 25.0 Å². The van der Waals surface area contributed by atoms with Crippen LogP contribution in [0.4, 0.5) is 10.2 Å². The molecule has 34 heavy (non-hydrogen) atoms. The first kappa shape index (κ1) is 21.2. The molecule has 1 fully saturated rings. The standard InChI is InChI=1S/C25H24ClFN6O/c1-13-19-9-17(27)5-6-18(19)22-16(12-32(2)30-22)7-20-23(15-8-21(34-13)25(28)29-10-15)33(31-24(20)26)11-14-3-4-14/h5-6,8-10,12-14H,3-4,7,11H2,1-2H3,(H2,28,29). The number of rotatable bonds is 2. The fourth-order valence-electron chi connectivity index (χ4n) is 4.73. The number of nitrogens with zero attached hydrogens (tertiary/aromatic N) is 5. The predicted octanol–water partition coefficient (Wildman–Crippen LogP) is 5.17. The first-order chi connectivity index (χ1) is 16.4. The first-order valence-electron chi connectivity index (χ1n) is 11.4. The van der Waals surface area contributed by atoms with E-state index in [4.69, 9.17) is 32.3 Å². The van der Waals surface area contributed by atoms with Gasteiger partial charge < -0.3 is 10.5 Å². The molecule has 1 unspecified atom stereocenters. The van der Waals surface area contributed by atoms with Gasteiger partial charge >= 0.3 is 0 Å². The minimum absolute atomic E-state index is 0.269. The van der Waals surface area contributed by atoms with Crippen molar-refractivity contribution in [2.24, 2.45) is 13.0 Å². The molecular weight excluding hydrogens is 455 g/mol. The zero-order valence-electron chi connectivity index (χ0n) is 18.9. The summed E-state index contributed by atoms with van der Waals surface area (Å²) < 4.78 is 24.3. The van der Waals surface area contributed by atoms with Crippen LogP contribution in [0.2, 0.25) is 5.15 Å². The number of aryl methyl sites for hydroxylation is 1. The maximum Gasteiger partial charge on any atom is 0.166 e. The van der Waals surface area contributed by atoms with Gasteiger partial charge in [-0.15, -0.1) is 0 Å². The number of fused-ring (bicyclic) bond motifs is 7. The van der Waals surface area contributed by atoms with Crippen LogP contribution in [-0.4, -0.2) is 24.5 Å². The molecule has 1 aliphatic carbocycles. The summed E-state index contributed by atoms with van der Waals surface area (Å²) in [6.07, 6.45) is 6.13. The molecule has 2 aliphatic rings. The highest BCUT2D eigenvalue weighted by atomic mass is 35.5. The third-order valence-electron chi connectivity index (χ3n) is 6.57. The molecule has 2 bridgehead atoms. The van der Waals surface area contributed by atoms with Crippen LogP contribution in [0.15, 0.2) is 36.7 Å². The number of pyridine rings is 1. The van der Waals surface area contributed by atoms with Crippen molar-refractivity contribution >= 4 is 17.4 Å². The van der Waals surface area contributed by atoms with Crippen LogP contribution in [0, 0.1) is 11.7 Å². The second kappa shape index (κ2) is 7.84. The summed E-state index contributed by atoms with van der Waals surface area (Å²) in [5.41, 5.74) is 12.0. The molecule has 4 heterocycles. The van der Waals surface area contributed by atoms with Crippen molar-refractivity contribution in [2.45, 2.75) is 38.8 Å². The molecule has 0 spiro atoms. The van der Waals surface area contributed by atoms with E-state index in [0.29, 0.717) is 28.8 Å². The lowest BCUT2D eigenvalue weighted by molar-refractivity contribution is 0.227. The molecule has 6 rings (SSSR count). The van der Waals surface area contributed by atoms with Gasteiger partial charge in [0.05, 0.1) is 11.4 Å². The highest BCUT2D eigenvalue weighted by Gasteiger charge is 2.29. The maximum atomic E-state index is 14.3. The van der Waals surface area contributed by atoms with Crippen molar-refractivity contribution < 1.29 is 9.13 Å². The van der Waals surface area contributed by atoms with Crippen molar-refractivity contribution in [1.29, 1.82) is 0 Å². The van der Waals surface area contributed by atoms with Crippen molar-refractivity contribution in [1.82, 2.24) is 24.5 Å². The summed E-state index contributed by atoms with van der Waals surface area (Å²) in [5, 5.41) is 9.88. The molecule has 0 amide bonds. The number of halogens is 2. The average molecular weight is 479 g/mol. The molecule has 174 valence electrons. The van der Waals surface area contributed by atoms with E-state index in [2.05, 4.69) is 4.98 Å². The van der Waals surface area contributed by atoms with Gasteiger partial charge in [0.15, 0.2) is 16.7 Å². The highest BCUT2D eigenvalue weighted by Crippen LogP contribution is 2.41. The monoisotopic (exact) mass is 478 g/mol. The van der Waals surface area contributed by atoms with E-state index >= 15 is 0 Å². The molecule has 1 saturated carbocycles. The molecule has 1 aromatic carbocycles. The van der Waals surface area contributed by atoms with Crippen LogP contribution in [0.5, 0.6) is 5.75 Å². The summed E-state index contributed by atoms with van der Waals surface area (Å²) in [6.45, 7) is 2.67. The number of nitrogens with two attached hydrogens (primary N) is 1. The largest absolute Gasteiger partial charge is 0.482 e. The summed E-state index contributed by atoms with van der Waals surface area (Å²) in [6, 6.07) is 6.56. The third-order valence-corrected chi connectivity index (χ3v) is 6.87. The Morgan fingerprint density at radius 2 is 2.06 bits per heavy atom. The molecule has 9 heteroatoms. The normalized spacial score (nSPS) is 17.1. The van der Waals surface area contributed by atoms with E-state index in [-0.39, 0.29) is 11.6 Å². The zero-order valence-corrected chi connectivity index (χ0v) is 19.7. The van der Waals surface area contributed by atoms with Crippen LogP contribution in [-0.2, 0) is 20.0 Å². The van der Waals surface area contributed by atoms with E-state index in [1.807, 2.05) is 30.9 Å². The van der Waals surface area contributed by atoms with Crippen molar-refractivity contribution in [3.63, 3.8) is 0 Å². The summed E-state index contributed by atoms with van der Waals surface area (Å²) in [5.74, 6) is 0.966. The van der Waals surface area contributed by atoms with E-state index in [0.717, 1.165) is 40.2 Å². The number of nitrogen functional groups attached to an aromatic ring is 1. The molecule has 7 nitrogen and oxygen atoms in total. The fraction of sp³-hybridized carbons (Fsp3) is 0.320. The fourth-order valence-corrected chi connectivity index (χ4v) is 4.98. The molecule has 4 aromatic rings. The summed E-state index contributed by atoms with van der Waals surface area (Å²) in [7, 11) is 1.88. The average Bonchev–Trinajstić information content (AvgIpc) is 3.46. The Morgan fingerprint density at radius 1 is 1.24 bits per heavy atom. The lowest BCUT2D eigenvalue weighted by atomic mass is 9.94. The van der Waals surface area contributed by atoms with Gasteiger partial charge in [-0.2, -0.15) is 10.2 Å². The van der Waals surface area contributed by atoms with Crippen LogP contribution >= 0.6 is 11.6 Å². The number of ether oxygens (including phenoxy) is 1. The maximum absolute atomic E-state index is 14.3. The Hall–Kier alpha value is -3.39. The number of hydrogen-bond donors (Lipinski definition) is 1. The second-order valence-corrected chi connectivity index (χ2v) is 9.55. The van der Waals surface area contributed by atoms with E-state index in [1.54, 1.807) is 16.9 Å². The van der Waals surface area contributed by atoms with Gasteiger partial charge in [-0.25, -0.2) is 9.37 Å². The minimum atomic E-state index is -0.487. The summed E-state index contributed by atoms with van der Waals surface area (Å²) >= 11 is 6.73. The molecule has 2 N–H and O–H groups in total. The Bertz CT molecular complexity index is 1420. The number of aromatic nitrogens is 5. The number of benzene rings is 1. The van der Waals surface area contributed by atoms with Gasteiger partial charge in [-0.1, -0.05) is 11.6 Å². The SMILES string of the molecule is CC1Oc2cc(cnc2N)-c2c(c(Cl)nn2CC2CC2)Cc2cn(C)nc2-c2ccc(F)cc21. The van der Waals surface area contributed by atoms with Crippen molar-refractivity contribution in [2.75, 3.05) is 5.73 Å². The smallest absolute Gasteiger partial charge is 0.166 e. The van der Waals surface area contributed by atoms with E-state index in [9.17, 15) is 4.39 Å². The molecule has 1 atom stereocenters. The lowest BCUT2D eigenvalue weighted by Crippen LogP contribution is -2.10. The zero-order chi connectivity index (χ0) is 23.6. The van der Waals surface area contributed by atoms with Crippen LogP contribution in [0.3, 0.4) is 0 Å². The quantitative estimate of drug-likeness (QED) is 0.429. The molecule has 0 radical (unpaired) electrons. The van der Waals surface area contributed by atoms with Crippen LogP contribution in [0.25, 0.3) is 22.5 Å². The minimum Gasteiger partial charge on any atom is -0.482 e. The summed E-state index contributed by atoms with van der Waals surface area (Å²) in [4.78, 5) is 4.41. The molecule has 1 aliphatic heterocycles. The van der Waals surface area contributed by atoms with Gasteiger partial charge in [-0.05, 0) is 49.9 Å². The lowest BCUT2D eigenvalue weighted by Gasteiger charge is -2.21. The second-order valence-electron chi connectivity index (χ2n) is 9.20. The third kappa shape index (κ3) is 3.62. The Balaban J connectivity index is 1.62. The first-order valence-corrected chi connectivity index (χ1v) is 11.7. The van der Waals surface area contributed by atoms with E-state index < -0.39 is 6.10 Å². The topological polar surface area (TPSA) is 83.8 Å². The Labute approximate surface area is 201 Å². The number of hydrogen-bond acceptors (Lipinski definition) is 5. The highest BCUT2D eigenvalue weighted by molar-refractivity contribution is 6.30. The van der Waals surface area contributed by atoms with Crippen molar-refractivity contribution in [3.05, 3.63) is 64.3 Å². The van der Waals surface area contributed by atoms with Crippen molar-refractivity contribution in [3.8, 4) is 28.3 Å². The molecular formula is C25H24ClFN6O. The Morgan fingerprint density at radius 3 is 2.85 bits per heavy atom. The van der Waals surface area contributed by atoms with Crippen LogP contribution in [0.1, 0.15) is 42.6 Å². The Kier molecular flexibility index (Phi) is 4.88. The van der Waals surface area contributed by atoms with Gasteiger partial charge in [0, 0.05) is 60.2 Å². The van der Waals surface area contributed by atoms with Gasteiger partial charge in [-0.3, -0.25) is 9.36 Å². The predicted molar refractivity (Wildman–Crippen MR) is 128 cm³/mol. The molecule has 0 saturated heterocycles. The van der Waals surface area contributed by atoms with Gasteiger partial charge in [0.1, 0.15) is 11.9 Å². The molecule has 3 aromatic heterocycles. The van der Waals surface area contributed by atoms with Crippen LogP contribution < -0.4 is 10.5 Å². The number of anilines is 1. The van der Waals surface area contributed by atoms with Gasteiger partial charge in [0.25, 0.3) is 0 Å².